The highest BCUT2D eigenvalue weighted by molar-refractivity contribution is 5.89. The molecule has 0 bridgehead atoms. The second kappa shape index (κ2) is 8.79. The van der Waals surface area contributed by atoms with Gasteiger partial charge in [0.05, 0.1) is 0 Å². The monoisotopic (exact) mass is 378 g/mol. The summed E-state index contributed by atoms with van der Waals surface area (Å²) in [5, 5.41) is 0. The maximum atomic E-state index is 6.51. The Morgan fingerprint density at radius 2 is 1.24 bits per heavy atom. The maximum Gasteiger partial charge on any atom is 0.131 e. The van der Waals surface area contributed by atoms with Crippen LogP contribution in [0.25, 0.3) is 22.3 Å². The lowest BCUT2D eigenvalue weighted by molar-refractivity contribution is 0.305. The number of rotatable bonds is 6. The fourth-order valence-electron chi connectivity index (χ4n) is 3.82. The first-order valence-electron chi connectivity index (χ1n) is 10.2. The van der Waals surface area contributed by atoms with Crippen LogP contribution in [0.2, 0.25) is 0 Å². The van der Waals surface area contributed by atoms with E-state index in [0.29, 0.717) is 6.61 Å². The van der Waals surface area contributed by atoms with E-state index in [4.69, 9.17) is 4.74 Å². The zero-order valence-corrected chi connectivity index (χ0v) is 17.1. The van der Waals surface area contributed by atoms with Crippen LogP contribution in [0.15, 0.2) is 97.1 Å². The summed E-state index contributed by atoms with van der Waals surface area (Å²) in [5.41, 5.74) is 8.51. The van der Waals surface area contributed by atoms with Crippen LogP contribution in [0, 0.1) is 6.92 Å². The molecule has 0 amide bonds. The molecule has 4 aromatic rings. The van der Waals surface area contributed by atoms with Gasteiger partial charge in [-0.3, -0.25) is 0 Å². The SMILES string of the molecule is CCc1cc(-c2ccccc2)c(-c2ccccc2)c(OCc2ccccc2)c1C. The van der Waals surface area contributed by atoms with Gasteiger partial charge in [-0.05, 0) is 46.7 Å². The quantitative estimate of drug-likeness (QED) is 0.338. The number of ether oxygens (including phenoxy) is 1. The van der Waals surface area contributed by atoms with Gasteiger partial charge in [-0.2, -0.15) is 0 Å². The van der Waals surface area contributed by atoms with Crippen molar-refractivity contribution in [1.29, 1.82) is 0 Å². The van der Waals surface area contributed by atoms with Crippen LogP contribution >= 0.6 is 0 Å². The minimum Gasteiger partial charge on any atom is -0.488 e. The normalized spacial score (nSPS) is 10.7. The Kier molecular flexibility index (Phi) is 5.76. The van der Waals surface area contributed by atoms with Gasteiger partial charge in [-0.1, -0.05) is 104 Å². The summed E-state index contributed by atoms with van der Waals surface area (Å²) in [7, 11) is 0. The van der Waals surface area contributed by atoms with Crippen molar-refractivity contribution >= 4 is 0 Å². The Morgan fingerprint density at radius 1 is 0.690 bits per heavy atom. The summed E-state index contributed by atoms with van der Waals surface area (Å²) in [4.78, 5) is 0. The highest BCUT2D eigenvalue weighted by Gasteiger charge is 2.19. The third-order valence-corrected chi connectivity index (χ3v) is 5.39. The molecule has 0 heterocycles. The smallest absolute Gasteiger partial charge is 0.131 e. The fraction of sp³-hybridized carbons (Fsp3) is 0.143. The van der Waals surface area contributed by atoms with Crippen molar-refractivity contribution in [3.63, 3.8) is 0 Å². The van der Waals surface area contributed by atoms with Crippen molar-refractivity contribution in [3.8, 4) is 28.0 Å². The Labute approximate surface area is 173 Å². The predicted octanol–water partition coefficient (Wildman–Crippen LogP) is 7.47. The number of hydrogen-bond donors (Lipinski definition) is 0. The largest absolute Gasteiger partial charge is 0.488 e. The molecular weight excluding hydrogens is 352 g/mol. The molecule has 0 radical (unpaired) electrons. The van der Waals surface area contributed by atoms with Gasteiger partial charge in [0.1, 0.15) is 12.4 Å². The number of aryl methyl sites for hydroxylation is 1. The average Bonchev–Trinajstić information content (AvgIpc) is 2.80. The molecule has 29 heavy (non-hydrogen) atoms. The maximum absolute atomic E-state index is 6.51. The Morgan fingerprint density at radius 3 is 1.83 bits per heavy atom. The van der Waals surface area contributed by atoms with Crippen molar-refractivity contribution in [2.75, 3.05) is 0 Å². The number of benzene rings is 4. The van der Waals surface area contributed by atoms with E-state index in [0.717, 1.165) is 12.2 Å². The Balaban J connectivity index is 1.91. The topological polar surface area (TPSA) is 9.23 Å². The molecule has 4 rings (SSSR count). The van der Waals surface area contributed by atoms with E-state index in [9.17, 15) is 0 Å². The van der Waals surface area contributed by atoms with Gasteiger partial charge in [0.15, 0.2) is 0 Å². The first-order chi connectivity index (χ1) is 14.3. The second-order valence-electron chi connectivity index (χ2n) is 7.27. The molecular formula is C28H26O. The van der Waals surface area contributed by atoms with Crippen LogP contribution in [-0.2, 0) is 13.0 Å². The summed E-state index contributed by atoms with van der Waals surface area (Å²) in [6.07, 6.45) is 0.975. The van der Waals surface area contributed by atoms with E-state index < -0.39 is 0 Å². The van der Waals surface area contributed by atoms with Gasteiger partial charge in [0.2, 0.25) is 0 Å². The van der Waals surface area contributed by atoms with E-state index in [-0.39, 0.29) is 0 Å². The van der Waals surface area contributed by atoms with Crippen molar-refractivity contribution in [3.05, 3.63) is 114 Å². The van der Waals surface area contributed by atoms with Crippen LogP contribution < -0.4 is 4.74 Å². The zero-order chi connectivity index (χ0) is 20.1. The van der Waals surface area contributed by atoms with E-state index in [1.165, 1.54) is 38.9 Å². The van der Waals surface area contributed by atoms with E-state index >= 15 is 0 Å². The number of hydrogen-bond acceptors (Lipinski definition) is 1. The third-order valence-electron chi connectivity index (χ3n) is 5.39. The van der Waals surface area contributed by atoms with E-state index in [1.807, 2.05) is 6.07 Å². The highest BCUT2D eigenvalue weighted by atomic mass is 16.5. The Bertz CT molecular complexity index is 1070. The van der Waals surface area contributed by atoms with Crippen LogP contribution in [0.4, 0.5) is 0 Å². The Hall–Kier alpha value is -3.32. The molecule has 0 aromatic heterocycles. The van der Waals surface area contributed by atoms with Crippen LogP contribution in [-0.4, -0.2) is 0 Å². The lowest BCUT2D eigenvalue weighted by Crippen LogP contribution is -2.03. The summed E-state index contributed by atoms with van der Waals surface area (Å²) in [6, 6.07) is 33.9. The van der Waals surface area contributed by atoms with Crippen LogP contribution in [0.3, 0.4) is 0 Å². The summed E-state index contributed by atoms with van der Waals surface area (Å²) < 4.78 is 6.51. The molecule has 144 valence electrons. The van der Waals surface area contributed by atoms with Crippen LogP contribution in [0.1, 0.15) is 23.6 Å². The molecule has 1 heteroatoms. The van der Waals surface area contributed by atoms with Crippen molar-refractivity contribution in [1.82, 2.24) is 0 Å². The molecule has 0 aliphatic carbocycles. The second-order valence-corrected chi connectivity index (χ2v) is 7.27. The van der Waals surface area contributed by atoms with Crippen molar-refractivity contribution in [2.24, 2.45) is 0 Å². The summed E-state index contributed by atoms with van der Waals surface area (Å²) in [5.74, 6) is 0.984. The van der Waals surface area contributed by atoms with E-state index in [1.54, 1.807) is 0 Å². The van der Waals surface area contributed by atoms with Gasteiger partial charge < -0.3 is 4.74 Å². The van der Waals surface area contributed by atoms with Gasteiger partial charge in [-0.15, -0.1) is 0 Å². The van der Waals surface area contributed by atoms with Crippen molar-refractivity contribution in [2.45, 2.75) is 26.9 Å². The molecule has 1 nitrogen and oxygen atoms in total. The molecule has 4 aromatic carbocycles. The fourth-order valence-corrected chi connectivity index (χ4v) is 3.82. The standard InChI is InChI=1S/C28H26O/c1-3-23-19-26(24-15-9-5-10-16-24)27(25-17-11-6-12-18-25)28(21(23)2)29-20-22-13-7-4-8-14-22/h4-19H,3,20H2,1-2H3. The highest BCUT2D eigenvalue weighted by Crippen LogP contribution is 2.43. The predicted molar refractivity (Wildman–Crippen MR) is 122 cm³/mol. The molecule has 0 aliphatic heterocycles. The molecule has 0 unspecified atom stereocenters. The minimum atomic E-state index is 0.558. The van der Waals surface area contributed by atoms with Gasteiger partial charge >= 0.3 is 0 Å². The summed E-state index contributed by atoms with van der Waals surface area (Å²) in [6.45, 7) is 4.95. The molecule has 0 spiro atoms. The molecule has 0 saturated heterocycles. The lowest BCUT2D eigenvalue weighted by Gasteiger charge is -2.21. The first-order valence-corrected chi connectivity index (χ1v) is 10.2. The molecule has 0 fully saturated rings. The van der Waals surface area contributed by atoms with Crippen molar-refractivity contribution < 1.29 is 4.74 Å². The zero-order valence-electron chi connectivity index (χ0n) is 17.1. The molecule has 0 aliphatic rings. The van der Waals surface area contributed by atoms with Gasteiger partial charge in [0.25, 0.3) is 0 Å². The molecule has 0 saturated carbocycles. The third kappa shape index (κ3) is 4.09. The first kappa shape index (κ1) is 19.0. The van der Waals surface area contributed by atoms with Gasteiger partial charge in [-0.25, -0.2) is 0 Å². The average molecular weight is 379 g/mol. The van der Waals surface area contributed by atoms with Gasteiger partial charge in [0, 0.05) is 5.56 Å². The molecule has 0 N–H and O–H groups in total. The molecule has 0 atom stereocenters. The lowest BCUT2D eigenvalue weighted by atomic mass is 9.88. The minimum absolute atomic E-state index is 0.558. The van der Waals surface area contributed by atoms with Crippen LogP contribution in [0.5, 0.6) is 5.75 Å². The summed E-state index contributed by atoms with van der Waals surface area (Å²) >= 11 is 0. The van der Waals surface area contributed by atoms with E-state index in [2.05, 4.69) is 105 Å².